The van der Waals surface area contributed by atoms with Crippen LogP contribution in [0.25, 0.3) is 17.0 Å². The van der Waals surface area contributed by atoms with Gasteiger partial charge in [-0.25, -0.2) is 9.97 Å². The molecule has 2 aromatic heterocycles. The lowest BCUT2D eigenvalue weighted by molar-refractivity contribution is 0.297. The summed E-state index contributed by atoms with van der Waals surface area (Å²) in [5.41, 5.74) is 8.63. The molecule has 0 saturated heterocycles. The fourth-order valence-electron chi connectivity index (χ4n) is 2.67. The molecule has 2 N–H and O–H groups in total. The first-order valence-corrected chi connectivity index (χ1v) is 7.29. The Balaban J connectivity index is 1.86. The van der Waals surface area contributed by atoms with Crippen molar-refractivity contribution in [3.63, 3.8) is 0 Å². The second-order valence-electron chi connectivity index (χ2n) is 5.11. The van der Waals surface area contributed by atoms with Gasteiger partial charge in [-0.1, -0.05) is 0 Å². The van der Waals surface area contributed by atoms with Gasteiger partial charge in [0.15, 0.2) is 11.5 Å². The highest BCUT2D eigenvalue weighted by Gasteiger charge is 2.17. The van der Waals surface area contributed by atoms with Crippen molar-refractivity contribution in [3.05, 3.63) is 42.4 Å². The van der Waals surface area contributed by atoms with E-state index < -0.39 is 0 Å². The van der Waals surface area contributed by atoms with Gasteiger partial charge in [-0.05, 0) is 24.3 Å². The maximum atomic E-state index is 5.92. The molecule has 0 unspecified atom stereocenters. The van der Waals surface area contributed by atoms with Gasteiger partial charge >= 0.3 is 0 Å². The summed E-state index contributed by atoms with van der Waals surface area (Å²) in [6, 6.07) is 7.73. The Morgan fingerprint density at radius 3 is 2.91 bits per heavy atom. The van der Waals surface area contributed by atoms with Gasteiger partial charge in [0.1, 0.15) is 0 Å². The Morgan fingerprint density at radius 2 is 2.05 bits per heavy atom. The minimum absolute atomic E-state index is 0.386. The molecule has 0 spiro atoms. The van der Waals surface area contributed by atoms with Gasteiger partial charge < -0.3 is 15.2 Å². The van der Waals surface area contributed by atoms with Crippen LogP contribution in [0.5, 0.6) is 11.5 Å². The van der Waals surface area contributed by atoms with E-state index in [9.17, 15) is 0 Å². The second kappa shape index (κ2) is 5.31. The van der Waals surface area contributed by atoms with Gasteiger partial charge in [0, 0.05) is 30.9 Å². The fourth-order valence-corrected chi connectivity index (χ4v) is 2.67. The molecule has 0 saturated carbocycles. The zero-order chi connectivity index (χ0) is 14.9. The average molecular weight is 296 g/mol. The highest BCUT2D eigenvalue weighted by atomic mass is 16.5. The minimum atomic E-state index is 0.386. The Morgan fingerprint density at radius 1 is 1.18 bits per heavy atom. The van der Waals surface area contributed by atoms with Crippen LogP contribution >= 0.6 is 0 Å². The number of aromatic nitrogens is 3. The molecule has 1 aliphatic heterocycles. The smallest absolute Gasteiger partial charge is 0.234 e. The molecule has 0 amide bonds. The van der Waals surface area contributed by atoms with Crippen molar-refractivity contribution in [1.29, 1.82) is 0 Å². The first kappa shape index (κ1) is 13.1. The number of benzene rings is 1. The van der Waals surface area contributed by atoms with Gasteiger partial charge in [-0.3, -0.25) is 4.40 Å². The predicted octanol–water partition coefficient (Wildman–Crippen LogP) is 2.02. The van der Waals surface area contributed by atoms with Gasteiger partial charge in [0.2, 0.25) is 5.78 Å². The average Bonchev–Trinajstić information content (AvgIpc) is 2.77. The van der Waals surface area contributed by atoms with E-state index >= 15 is 0 Å². The number of fused-ring (bicyclic) bond motifs is 2. The normalized spacial score (nSPS) is 14.0. The van der Waals surface area contributed by atoms with E-state index in [1.807, 2.05) is 34.9 Å². The number of nitrogens with two attached hydrogens (primary N) is 1. The summed E-state index contributed by atoms with van der Waals surface area (Å²) in [4.78, 5) is 8.88. The lowest BCUT2D eigenvalue weighted by atomic mass is 10.1. The fraction of sp³-hybridized carbons (Fsp3) is 0.250. The first-order valence-electron chi connectivity index (χ1n) is 7.29. The molecule has 0 atom stereocenters. The maximum Gasteiger partial charge on any atom is 0.234 e. The molecule has 0 radical (unpaired) electrons. The Labute approximate surface area is 127 Å². The molecular weight excluding hydrogens is 280 g/mol. The number of ether oxygens (including phenoxy) is 2. The van der Waals surface area contributed by atoms with Crippen LogP contribution in [0, 0.1) is 0 Å². The first-order chi connectivity index (χ1) is 10.9. The van der Waals surface area contributed by atoms with Gasteiger partial charge in [-0.15, -0.1) is 0 Å². The minimum Gasteiger partial charge on any atom is -0.490 e. The summed E-state index contributed by atoms with van der Waals surface area (Å²) >= 11 is 0. The number of hydrogen-bond acceptors (Lipinski definition) is 5. The third-order valence-corrected chi connectivity index (χ3v) is 3.72. The van der Waals surface area contributed by atoms with Crippen LogP contribution in [0.4, 0.5) is 0 Å². The highest BCUT2D eigenvalue weighted by Crippen LogP contribution is 2.35. The van der Waals surface area contributed by atoms with E-state index in [0.29, 0.717) is 25.5 Å². The molecule has 22 heavy (non-hydrogen) atoms. The molecular formula is C16H16N4O2. The van der Waals surface area contributed by atoms with Gasteiger partial charge in [0.25, 0.3) is 0 Å². The number of nitrogens with zero attached hydrogens (tertiary/aromatic N) is 3. The van der Waals surface area contributed by atoms with Crippen molar-refractivity contribution < 1.29 is 9.47 Å². The molecule has 1 aromatic carbocycles. The molecule has 0 fully saturated rings. The number of rotatable bonds is 2. The standard InChI is InChI=1S/C16H16N4O2/c17-10-12-15(19-16-18-5-1-6-20(12)16)11-3-4-13-14(9-11)22-8-2-7-21-13/h1,3-6,9H,2,7-8,10,17H2. The van der Waals surface area contributed by atoms with E-state index in [0.717, 1.165) is 34.9 Å². The molecule has 6 nitrogen and oxygen atoms in total. The van der Waals surface area contributed by atoms with Crippen molar-refractivity contribution in [3.8, 4) is 22.8 Å². The third kappa shape index (κ3) is 2.08. The van der Waals surface area contributed by atoms with Crippen molar-refractivity contribution in [2.75, 3.05) is 13.2 Å². The van der Waals surface area contributed by atoms with Crippen molar-refractivity contribution >= 4 is 5.78 Å². The van der Waals surface area contributed by atoms with Crippen LogP contribution in [-0.2, 0) is 6.54 Å². The van der Waals surface area contributed by atoms with E-state index in [1.165, 1.54) is 0 Å². The van der Waals surface area contributed by atoms with Crippen LogP contribution in [0.1, 0.15) is 12.1 Å². The van der Waals surface area contributed by atoms with E-state index in [-0.39, 0.29) is 0 Å². The monoisotopic (exact) mass is 296 g/mol. The maximum absolute atomic E-state index is 5.92. The Kier molecular flexibility index (Phi) is 3.16. The molecule has 3 aromatic rings. The second-order valence-corrected chi connectivity index (χ2v) is 5.11. The summed E-state index contributed by atoms with van der Waals surface area (Å²) in [5, 5.41) is 0. The van der Waals surface area contributed by atoms with Gasteiger partial charge in [-0.2, -0.15) is 0 Å². The number of imidazole rings is 1. The predicted molar refractivity (Wildman–Crippen MR) is 81.9 cm³/mol. The summed E-state index contributed by atoms with van der Waals surface area (Å²) < 4.78 is 13.3. The van der Waals surface area contributed by atoms with Crippen LogP contribution in [0.2, 0.25) is 0 Å². The quantitative estimate of drug-likeness (QED) is 0.783. The van der Waals surface area contributed by atoms with E-state index in [2.05, 4.69) is 9.97 Å². The van der Waals surface area contributed by atoms with Crippen molar-refractivity contribution in [2.24, 2.45) is 5.73 Å². The lowest BCUT2D eigenvalue weighted by Gasteiger charge is -2.09. The zero-order valence-corrected chi connectivity index (χ0v) is 12.0. The molecule has 0 aliphatic carbocycles. The highest BCUT2D eigenvalue weighted by molar-refractivity contribution is 5.68. The summed E-state index contributed by atoms with van der Waals surface area (Å²) in [5.74, 6) is 2.17. The van der Waals surface area contributed by atoms with Crippen LogP contribution in [-0.4, -0.2) is 27.6 Å². The largest absolute Gasteiger partial charge is 0.490 e. The van der Waals surface area contributed by atoms with Crippen molar-refractivity contribution in [2.45, 2.75) is 13.0 Å². The molecule has 1 aliphatic rings. The molecule has 112 valence electrons. The van der Waals surface area contributed by atoms with Crippen molar-refractivity contribution in [1.82, 2.24) is 14.4 Å². The van der Waals surface area contributed by atoms with Gasteiger partial charge in [0.05, 0.1) is 24.6 Å². The topological polar surface area (TPSA) is 74.7 Å². The number of hydrogen-bond donors (Lipinski definition) is 1. The van der Waals surface area contributed by atoms with E-state index in [4.69, 9.17) is 15.2 Å². The zero-order valence-electron chi connectivity index (χ0n) is 12.0. The molecule has 3 heterocycles. The molecule has 0 bridgehead atoms. The summed E-state index contributed by atoms with van der Waals surface area (Å²) in [6.45, 7) is 1.72. The Bertz CT molecular complexity index is 828. The third-order valence-electron chi connectivity index (χ3n) is 3.72. The summed E-state index contributed by atoms with van der Waals surface area (Å²) in [6.07, 6.45) is 4.53. The van der Waals surface area contributed by atoms with Crippen LogP contribution in [0.15, 0.2) is 36.7 Å². The summed E-state index contributed by atoms with van der Waals surface area (Å²) in [7, 11) is 0. The van der Waals surface area contributed by atoms with Crippen LogP contribution in [0.3, 0.4) is 0 Å². The molecule has 4 rings (SSSR count). The molecule has 6 heteroatoms. The SMILES string of the molecule is NCc1c(-c2ccc3c(c2)OCCCO3)nc2ncccn12. The Hall–Kier alpha value is -2.60. The lowest BCUT2D eigenvalue weighted by Crippen LogP contribution is -2.02. The van der Waals surface area contributed by atoms with E-state index in [1.54, 1.807) is 6.20 Å². The van der Waals surface area contributed by atoms with Crippen LogP contribution < -0.4 is 15.2 Å².